The van der Waals surface area contributed by atoms with Crippen LogP contribution in [0.5, 0.6) is 5.75 Å². The molecule has 1 aromatic heterocycles. The lowest BCUT2D eigenvalue weighted by Gasteiger charge is -2.26. The second kappa shape index (κ2) is 13.8. The fourth-order valence-corrected chi connectivity index (χ4v) is 5.14. The van der Waals surface area contributed by atoms with Crippen LogP contribution in [0.4, 0.5) is 10.1 Å². The third kappa shape index (κ3) is 7.54. The number of amides is 1. The van der Waals surface area contributed by atoms with Crippen LogP contribution in [0.3, 0.4) is 0 Å². The highest BCUT2D eigenvalue weighted by atomic mass is 19.1. The Bertz CT molecular complexity index is 1430. The largest absolute Gasteiger partial charge is 0.493 e. The summed E-state index contributed by atoms with van der Waals surface area (Å²) in [5.41, 5.74) is 4.90. The van der Waals surface area contributed by atoms with Gasteiger partial charge in [-0.2, -0.15) is 0 Å². The molecule has 4 rings (SSSR count). The number of aromatic amines is 1. The molecule has 9 heteroatoms. The Morgan fingerprint density at radius 1 is 1.15 bits per heavy atom. The van der Waals surface area contributed by atoms with Crippen molar-refractivity contribution in [3.63, 3.8) is 0 Å². The maximum Gasteiger partial charge on any atom is 0.253 e. The van der Waals surface area contributed by atoms with Crippen molar-refractivity contribution >= 4 is 11.6 Å². The number of carbonyl (C=O) groups is 1. The molecule has 1 amide bonds. The van der Waals surface area contributed by atoms with Gasteiger partial charge >= 0.3 is 0 Å². The summed E-state index contributed by atoms with van der Waals surface area (Å²) < 4.78 is 26.6. The van der Waals surface area contributed by atoms with Crippen molar-refractivity contribution < 1.29 is 18.7 Å². The van der Waals surface area contributed by atoms with Crippen LogP contribution in [0.15, 0.2) is 41.2 Å². The summed E-state index contributed by atoms with van der Waals surface area (Å²) in [6.07, 6.45) is 0.848. The van der Waals surface area contributed by atoms with Crippen molar-refractivity contribution in [1.29, 1.82) is 0 Å². The topological polar surface area (TPSA) is 86.9 Å². The van der Waals surface area contributed by atoms with E-state index in [4.69, 9.17) is 9.47 Å². The number of rotatable bonds is 11. The van der Waals surface area contributed by atoms with E-state index in [0.717, 1.165) is 61.8 Å². The van der Waals surface area contributed by atoms with Gasteiger partial charge in [0.05, 0.1) is 19.8 Å². The summed E-state index contributed by atoms with van der Waals surface area (Å²) in [6, 6.07) is 10.4. The number of halogens is 1. The maximum atomic E-state index is 15.4. The molecule has 1 saturated heterocycles. The van der Waals surface area contributed by atoms with Gasteiger partial charge in [-0.05, 0) is 81.1 Å². The molecule has 1 aliphatic heterocycles. The number of hydrogen-bond donors (Lipinski definition) is 2. The van der Waals surface area contributed by atoms with Crippen molar-refractivity contribution in [2.45, 2.75) is 40.7 Å². The van der Waals surface area contributed by atoms with Gasteiger partial charge in [-0.1, -0.05) is 0 Å². The van der Waals surface area contributed by atoms with Gasteiger partial charge in [0, 0.05) is 73.9 Å². The van der Waals surface area contributed by atoms with Crippen LogP contribution in [0, 0.1) is 26.6 Å². The Morgan fingerprint density at radius 3 is 2.59 bits per heavy atom. The smallest absolute Gasteiger partial charge is 0.253 e. The number of aromatic nitrogens is 1. The first-order valence-electron chi connectivity index (χ1n) is 14.2. The van der Waals surface area contributed by atoms with Crippen molar-refractivity contribution in [2.24, 2.45) is 0 Å². The number of aryl methyl sites for hydroxylation is 2. The van der Waals surface area contributed by atoms with E-state index in [1.165, 1.54) is 6.07 Å². The van der Waals surface area contributed by atoms with Gasteiger partial charge in [0.1, 0.15) is 11.6 Å². The van der Waals surface area contributed by atoms with Crippen LogP contribution in [0.2, 0.25) is 0 Å². The number of pyridine rings is 1. The fourth-order valence-electron chi connectivity index (χ4n) is 5.14. The van der Waals surface area contributed by atoms with Crippen molar-refractivity contribution in [1.82, 2.24) is 15.2 Å². The number of morpholine rings is 1. The molecule has 0 atom stereocenters. The Labute approximate surface area is 241 Å². The van der Waals surface area contributed by atoms with Gasteiger partial charge in [0.15, 0.2) is 0 Å². The van der Waals surface area contributed by atoms with Gasteiger partial charge in [-0.25, -0.2) is 4.39 Å². The lowest BCUT2D eigenvalue weighted by molar-refractivity contribution is 0.0358. The molecule has 0 bridgehead atoms. The molecule has 1 aliphatic rings. The summed E-state index contributed by atoms with van der Waals surface area (Å²) in [6.45, 7) is 13.2. The molecule has 3 aromatic rings. The van der Waals surface area contributed by atoms with Crippen molar-refractivity contribution in [3.05, 3.63) is 80.5 Å². The van der Waals surface area contributed by atoms with E-state index >= 15 is 4.39 Å². The van der Waals surface area contributed by atoms with E-state index in [1.54, 1.807) is 18.2 Å². The number of nitrogens with one attached hydrogen (secondary N) is 2. The minimum atomic E-state index is -0.419. The first-order chi connectivity index (χ1) is 19.7. The average Bonchev–Trinajstić information content (AvgIpc) is 2.95. The minimum Gasteiger partial charge on any atom is -0.493 e. The SMILES string of the molecule is CCN(C)c1cc(-c2ccc(OCCCN3CCOCC3)cc2F)cc(C(=O)NCc2c(C)cc(C)[nH]c2=O)c1C. The number of carbonyl (C=O) groups excluding carboxylic acids is 1. The highest BCUT2D eigenvalue weighted by Crippen LogP contribution is 2.33. The van der Waals surface area contributed by atoms with Crippen LogP contribution < -0.4 is 20.5 Å². The predicted molar refractivity (Wildman–Crippen MR) is 161 cm³/mol. The molecule has 0 aliphatic carbocycles. The third-order valence-corrected chi connectivity index (χ3v) is 7.67. The minimum absolute atomic E-state index is 0.0921. The number of hydrogen-bond acceptors (Lipinski definition) is 6. The first-order valence-corrected chi connectivity index (χ1v) is 14.2. The number of nitrogens with zero attached hydrogens (tertiary/aromatic N) is 2. The van der Waals surface area contributed by atoms with Crippen molar-refractivity contribution in [3.8, 4) is 16.9 Å². The van der Waals surface area contributed by atoms with Crippen LogP contribution in [-0.4, -0.2) is 68.8 Å². The van der Waals surface area contributed by atoms with Crippen LogP contribution in [0.25, 0.3) is 11.1 Å². The predicted octanol–water partition coefficient (Wildman–Crippen LogP) is 4.59. The van der Waals surface area contributed by atoms with Gasteiger partial charge < -0.3 is 24.7 Å². The Morgan fingerprint density at radius 2 is 1.90 bits per heavy atom. The molecule has 2 heterocycles. The van der Waals surface area contributed by atoms with E-state index in [2.05, 4.69) is 15.2 Å². The lowest BCUT2D eigenvalue weighted by atomic mass is 9.96. The van der Waals surface area contributed by atoms with Gasteiger partial charge in [-0.3, -0.25) is 14.5 Å². The molecule has 41 heavy (non-hydrogen) atoms. The van der Waals surface area contributed by atoms with Crippen LogP contribution >= 0.6 is 0 Å². The number of anilines is 1. The van der Waals surface area contributed by atoms with Crippen LogP contribution in [0.1, 0.15) is 46.1 Å². The van der Waals surface area contributed by atoms with E-state index in [-0.39, 0.29) is 18.0 Å². The molecule has 1 fully saturated rings. The summed E-state index contributed by atoms with van der Waals surface area (Å²) in [4.78, 5) is 33.0. The zero-order valence-corrected chi connectivity index (χ0v) is 24.7. The monoisotopic (exact) mass is 564 g/mol. The van der Waals surface area contributed by atoms with E-state index < -0.39 is 5.82 Å². The summed E-state index contributed by atoms with van der Waals surface area (Å²) in [5.74, 6) is -0.268. The Kier molecular flexibility index (Phi) is 10.2. The zero-order chi connectivity index (χ0) is 29.5. The van der Waals surface area contributed by atoms with Gasteiger partial charge in [-0.15, -0.1) is 0 Å². The molecule has 0 radical (unpaired) electrons. The Balaban J connectivity index is 1.52. The van der Waals surface area contributed by atoms with E-state index in [1.807, 2.05) is 51.8 Å². The second-order valence-corrected chi connectivity index (χ2v) is 10.6. The van der Waals surface area contributed by atoms with Crippen molar-refractivity contribution in [2.75, 3.05) is 57.9 Å². The molecule has 220 valence electrons. The zero-order valence-electron chi connectivity index (χ0n) is 24.7. The number of ether oxygens (including phenoxy) is 2. The molecule has 0 unspecified atom stereocenters. The third-order valence-electron chi connectivity index (χ3n) is 7.67. The van der Waals surface area contributed by atoms with Crippen LogP contribution in [-0.2, 0) is 11.3 Å². The maximum absolute atomic E-state index is 15.4. The first kappa shape index (κ1) is 30.3. The average molecular weight is 565 g/mol. The highest BCUT2D eigenvalue weighted by molar-refractivity contribution is 5.99. The molecular weight excluding hydrogens is 523 g/mol. The highest BCUT2D eigenvalue weighted by Gasteiger charge is 2.19. The molecule has 0 spiro atoms. The molecular formula is C32H41FN4O4. The quantitative estimate of drug-likeness (QED) is 0.331. The normalized spacial score (nSPS) is 13.7. The summed E-state index contributed by atoms with van der Waals surface area (Å²) in [5, 5.41) is 2.89. The van der Waals surface area contributed by atoms with Gasteiger partial charge in [0.25, 0.3) is 11.5 Å². The fraction of sp³-hybridized carbons (Fsp3) is 0.438. The Hall–Kier alpha value is -3.69. The number of benzene rings is 2. The molecule has 0 saturated carbocycles. The standard InChI is InChI=1S/C32H41FN4O4/c1-6-36(5)30-18-24(17-27(23(30)4)31(38)34-20-28-21(2)16-22(3)35-32(28)39)26-9-8-25(19-29(26)33)41-13-7-10-37-11-14-40-15-12-37/h8-9,16-19H,6-7,10-15,20H2,1-5H3,(H,34,38)(H,35,39). The van der Waals surface area contributed by atoms with Gasteiger partial charge in [0.2, 0.25) is 0 Å². The van der Waals surface area contributed by atoms with E-state index in [9.17, 15) is 9.59 Å². The summed E-state index contributed by atoms with van der Waals surface area (Å²) in [7, 11) is 1.94. The lowest BCUT2D eigenvalue weighted by Crippen LogP contribution is -2.37. The molecule has 8 nitrogen and oxygen atoms in total. The van der Waals surface area contributed by atoms with E-state index in [0.29, 0.717) is 41.2 Å². The summed E-state index contributed by atoms with van der Waals surface area (Å²) >= 11 is 0. The molecule has 2 aromatic carbocycles. The number of H-pyrrole nitrogens is 1. The molecule has 2 N–H and O–H groups in total. The second-order valence-electron chi connectivity index (χ2n) is 10.6.